The summed E-state index contributed by atoms with van der Waals surface area (Å²) in [6, 6.07) is 5.92. The van der Waals surface area contributed by atoms with Crippen molar-refractivity contribution in [3.05, 3.63) is 28.2 Å². The average Bonchev–Trinajstić information content (AvgIpc) is 2.25. The van der Waals surface area contributed by atoms with Crippen molar-refractivity contribution >= 4 is 15.9 Å². The van der Waals surface area contributed by atoms with E-state index in [9.17, 15) is 5.11 Å². The Morgan fingerprint density at radius 3 is 2.84 bits per heavy atom. The van der Waals surface area contributed by atoms with Gasteiger partial charge in [-0.1, -0.05) is 35.8 Å². The number of hydrogen-bond acceptors (Lipinski definition) is 2. The quantitative estimate of drug-likeness (QED) is 0.755. The molecule has 1 aromatic rings. The molecule has 2 unspecified atom stereocenters. The second kappa shape index (κ2) is 4.49. The van der Waals surface area contributed by atoms with Crippen LogP contribution in [0.1, 0.15) is 57.6 Å². The lowest BCUT2D eigenvalue weighted by Gasteiger charge is -2.48. The summed E-state index contributed by atoms with van der Waals surface area (Å²) in [5.41, 5.74) is 1.06. The van der Waals surface area contributed by atoms with E-state index in [0.29, 0.717) is 5.41 Å². The highest BCUT2D eigenvalue weighted by Crippen LogP contribution is 2.51. The molecule has 19 heavy (non-hydrogen) atoms. The molecule has 0 bridgehead atoms. The largest absolute Gasteiger partial charge is 0.487 e. The van der Waals surface area contributed by atoms with Crippen molar-refractivity contribution in [3.8, 4) is 5.75 Å². The number of halogens is 1. The average molecular weight is 325 g/mol. The van der Waals surface area contributed by atoms with Crippen LogP contribution in [0.25, 0.3) is 0 Å². The van der Waals surface area contributed by atoms with E-state index in [1.807, 2.05) is 18.2 Å². The third-order valence-corrected chi connectivity index (χ3v) is 5.01. The van der Waals surface area contributed by atoms with Crippen LogP contribution in [0.2, 0.25) is 0 Å². The molecule has 1 saturated carbocycles. The second-order valence-electron chi connectivity index (χ2n) is 6.88. The summed E-state index contributed by atoms with van der Waals surface area (Å²) < 4.78 is 7.36. The molecule has 1 aliphatic carbocycles. The van der Waals surface area contributed by atoms with E-state index >= 15 is 0 Å². The van der Waals surface area contributed by atoms with E-state index < -0.39 is 6.10 Å². The van der Waals surface area contributed by atoms with Gasteiger partial charge in [-0.3, -0.25) is 0 Å². The monoisotopic (exact) mass is 324 g/mol. The first-order valence-electron chi connectivity index (χ1n) is 7.06. The molecule has 104 valence electrons. The zero-order chi connectivity index (χ0) is 13.7. The third-order valence-electron chi connectivity index (χ3n) is 4.51. The molecular formula is C16H21BrO2. The highest BCUT2D eigenvalue weighted by molar-refractivity contribution is 9.10. The molecule has 2 nitrogen and oxygen atoms in total. The number of rotatable bonds is 0. The molecule has 1 N–H and O–H groups in total. The molecule has 0 radical (unpaired) electrons. The lowest BCUT2D eigenvalue weighted by atomic mass is 9.67. The lowest BCUT2D eigenvalue weighted by Crippen LogP contribution is -2.47. The summed E-state index contributed by atoms with van der Waals surface area (Å²) in [6.45, 7) is 4.61. The van der Waals surface area contributed by atoms with E-state index in [1.54, 1.807) is 0 Å². The van der Waals surface area contributed by atoms with Crippen molar-refractivity contribution in [2.24, 2.45) is 5.41 Å². The number of benzene rings is 1. The van der Waals surface area contributed by atoms with E-state index in [0.717, 1.165) is 35.0 Å². The van der Waals surface area contributed by atoms with Gasteiger partial charge in [0.2, 0.25) is 0 Å². The SMILES string of the molecule is CC1(C)CCCC2(CC(O)c3ccc(Br)cc3O2)C1. The first-order chi connectivity index (χ1) is 8.89. The van der Waals surface area contributed by atoms with E-state index in [4.69, 9.17) is 4.74 Å². The van der Waals surface area contributed by atoms with Gasteiger partial charge in [-0.05, 0) is 43.2 Å². The Bertz CT molecular complexity index is 498. The van der Waals surface area contributed by atoms with Crippen LogP contribution in [0.5, 0.6) is 5.75 Å². The molecule has 1 aromatic carbocycles. The zero-order valence-electron chi connectivity index (χ0n) is 11.6. The van der Waals surface area contributed by atoms with E-state index in [-0.39, 0.29) is 5.60 Å². The molecule has 0 aromatic heterocycles. The van der Waals surface area contributed by atoms with Crippen LogP contribution in [0.4, 0.5) is 0 Å². The number of fused-ring (bicyclic) bond motifs is 1. The minimum atomic E-state index is -0.397. The molecule has 1 aliphatic heterocycles. The summed E-state index contributed by atoms with van der Waals surface area (Å²) in [6.07, 6.45) is 4.85. The fourth-order valence-corrected chi connectivity index (χ4v) is 4.15. The maximum atomic E-state index is 10.4. The van der Waals surface area contributed by atoms with Crippen LogP contribution in [-0.2, 0) is 0 Å². The lowest BCUT2D eigenvalue weighted by molar-refractivity contribution is -0.0677. The van der Waals surface area contributed by atoms with Gasteiger partial charge in [-0.15, -0.1) is 0 Å². The molecule has 3 heteroatoms. The van der Waals surface area contributed by atoms with Gasteiger partial charge >= 0.3 is 0 Å². The Kier molecular flexibility index (Phi) is 3.18. The molecule has 3 rings (SSSR count). The van der Waals surface area contributed by atoms with Gasteiger partial charge < -0.3 is 9.84 Å². The van der Waals surface area contributed by atoms with Crippen molar-refractivity contribution in [1.29, 1.82) is 0 Å². The van der Waals surface area contributed by atoms with Crippen molar-refractivity contribution in [2.75, 3.05) is 0 Å². The predicted molar refractivity (Wildman–Crippen MR) is 79.3 cm³/mol. The van der Waals surface area contributed by atoms with Gasteiger partial charge in [0.05, 0.1) is 6.10 Å². The highest BCUT2D eigenvalue weighted by Gasteiger charge is 2.46. The van der Waals surface area contributed by atoms with Gasteiger partial charge in [0, 0.05) is 16.5 Å². The molecule has 2 aliphatic rings. The minimum absolute atomic E-state index is 0.172. The fourth-order valence-electron chi connectivity index (χ4n) is 3.81. The Labute approximate surface area is 123 Å². The number of aliphatic hydroxyl groups is 1. The summed E-state index contributed by atoms with van der Waals surface area (Å²) in [7, 11) is 0. The maximum absolute atomic E-state index is 10.4. The maximum Gasteiger partial charge on any atom is 0.127 e. The Morgan fingerprint density at radius 2 is 2.11 bits per heavy atom. The molecule has 0 amide bonds. The van der Waals surface area contributed by atoms with E-state index in [1.165, 1.54) is 12.8 Å². The summed E-state index contributed by atoms with van der Waals surface area (Å²) >= 11 is 3.48. The number of ether oxygens (including phenoxy) is 1. The van der Waals surface area contributed by atoms with Crippen LogP contribution in [-0.4, -0.2) is 10.7 Å². The zero-order valence-corrected chi connectivity index (χ0v) is 13.2. The topological polar surface area (TPSA) is 29.5 Å². The summed E-state index contributed by atoms with van der Waals surface area (Å²) in [5, 5.41) is 10.4. The predicted octanol–water partition coefficient (Wildman–Crippen LogP) is 4.60. The number of aliphatic hydroxyl groups excluding tert-OH is 1. The van der Waals surface area contributed by atoms with Crippen LogP contribution < -0.4 is 4.74 Å². The smallest absolute Gasteiger partial charge is 0.127 e. The van der Waals surface area contributed by atoms with Gasteiger partial charge in [0.15, 0.2) is 0 Å². The first kappa shape index (κ1) is 13.4. The second-order valence-corrected chi connectivity index (χ2v) is 7.80. The highest BCUT2D eigenvalue weighted by atomic mass is 79.9. The third kappa shape index (κ3) is 2.55. The summed E-state index contributed by atoms with van der Waals surface area (Å²) in [4.78, 5) is 0. The van der Waals surface area contributed by atoms with Crippen molar-refractivity contribution in [2.45, 2.75) is 57.7 Å². The molecule has 2 atom stereocenters. The standard InChI is InChI=1S/C16H21BrO2/c1-15(2)6-3-7-16(10-15)9-13(18)12-5-4-11(17)8-14(12)19-16/h4-5,8,13,18H,3,6-7,9-10H2,1-2H3. The van der Waals surface area contributed by atoms with Gasteiger partial charge in [0.25, 0.3) is 0 Å². The first-order valence-corrected chi connectivity index (χ1v) is 7.85. The van der Waals surface area contributed by atoms with Gasteiger partial charge in [-0.2, -0.15) is 0 Å². The molecule has 1 heterocycles. The molecule has 1 spiro atoms. The summed E-state index contributed by atoms with van der Waals surface area (Å²) in [5.74, 6) is 0.853. The van der Waals surface area contributed by atoms with Crippen molar-refractivity contribution in [1.82, 2.24) is 0 Å². The fraction of sp³-hybridized carbons (Fsp3) is 0.625. The minimum Gasteiger partial charge on any atom is -0.487 e. The number of hydrogen-bond donors (Lipinski definition) is 1. The Balaban J connectivity index is 1.95. The van der Waals surface area contributed by atoms with Crippen molar-refractivity contribution < 1.29 is 9.84 Å². The normalized spacial score (nSPS) is 32.7. The van der Waals surface area contributed by atoms with E-state index in [2.05, 4.69) is 29.8 Å². The van der Waals surface area contributed by atoms with Crippen LogP contribution in [0.3, 0.4) is 0 Å². The van der Waals surface area contributed by atoms with Gasteiger partial charge in [-0.25, -0.2) is 0 Å². The van der Waals surface area contributed by atoms with Gasteiger partial charge in [0.1, 0.15) is 11.4 Å². The van der Waals surface area contributed by atoms with Crippen LogP contribution in [0, 0.1) is 5.41 Å². The molecular weight excluding hydrogens is 304 g/mol. The molecule has 1 fully saturated rings. The van der Waals surface area contributed by atoms with Crippen LogP contribution in [0.15, 0.2) is 22.7 Å². The van der Waals surface area contributed by atoms with Crippen LogP contribution >= 0.6 is 15.9 Å². The van der Waals surface area contributed by atoms with Crippen molar-refractivity contribution in [3.63, 3.8) is 0 Å². The Hall–Kier alpha value is -0.540. The molecule has 0 saturated heterocycles. The Morgan fingerprint density at radius 1 is 1.32 bits per heavy atom.